The highest BCUT2D eigenvalue weighted by atomic mass is 16.5. The van der Waals surface area contributed by atoms with E-state index in [4.69, 9.17) is 15.2 Å². The molecule has 19 heavy (non-hydrogen) atoms. The number of aromatic nitrogens is 1. The van der Waals surface area contributed by atoms with Crippen LogP contribution in [0.4, 0.5) is 0 Å². The fourth-order valence-corrected chi connectivity index (χ4v) is 2.27. The van der Waals surface area contributed by atoms with Crippen LogP contribution >= 0.6 is 0 Å². The summed E-state index contributed by atoms with van der Waals surface area (Å²) in [5.74, 6) is -0.0429. The van der Waals surface area contributed by atoms with E-state index < -0.39 is 0 Å². The average molecular weight is 265 g/mol. The summed E-state index contributed by atoms with van der Waals surface area (Å²) in [6.07, 6.45) is 1.45. The number of likely N-dealkylation sites (tertiary alicyclic amines) is 1. The van der Waals surface area contributed by atoms with Gasteiger partial charge in [0.15, 0.2) is 0 Å². The van der Waals surface area contributed by atoms with Crippen molar-refractivity contribution in [3.05, 3.63) is 29.6 Å². The summed E-state index contributed by atoms with van der Waals surface area (Å²) in [7, 11) is 3.26. The zero-order chi connectivity index (χ0) is 13.8. The number of carbonyl (C=O) groups excluding carboxylic acids is 1. The number of pyridine rings is 1. The van der Waals surface area contributed by atoms with Crippen molar-refractivity contribution in [3.8, 4) is 0 Å². The minimum Gasteiger partial charge on any atom is -0.377 e. The fourth-order valence-electron chi connectivity index (χ4n) is 2.27. The topological polar surface area (TPSA) is 77.7 Å². The summed E-state index contributed by atoms with van der Waals surface area (Å²) < 4.78 is 10.6. The van der Waals surface area contributed by atoms with Crippen LogP contribution in [0.25, 0.3) is 0 Å². The van der Waals surface area contributed by atoms with Gasteiger partial charge >= 0.3 is 0 Å². The maximum Gasteiger partial charge on any atom is 0.254 e. The van der Waals surface area contributed by atoms with Gasteiger partial charge in [-0.2, -0.15) is 0 Å². The molecular weight excluding hydrogens is 246 g/mol. The number of amides is 1. The molecule has 1 aromatic rings. The Labute approximate surface area is 112 Å². The number of hydrogen-bond acceptors (Lipinski definition) is 5. The van der Waals surface area contributed by atoms with E-state index in [0.717, 1.165) is 0 Å². The third-order valence-electron chi connectivity index (χ3n) is 3.38. The van der Waals surface area contributed by atoms with Crippen molar-refractivity contribution >= 4 is 5.91 Å². The Balaban J connectivity index is 2.12. The molecule has 1 amide bonds. The monoisotopic (exact) mass is 265 g/mol. The smallest absolute Gasteiger partial charge is 0.254 e. The number of nitrogens with two attached hydrogens (primary N) is 1. The number of rotatable bonds is 4. The van der Waals surface area contributed by atoms with Crippen LogP contribution in [-0.2, 0) is 16.0 Å². The number of nitrogens with zero attached hydrogens (tertiary/aromatic N) is 2. The van der Waals surface area contributed by atoms with Crippen LogP contribution in [0.15, 0.2) is 18.3 Å². The zero-order valence-electron chi connectivity index (χ0n) is 11.2. The molecule has 1 fully saturated rings. The molecule has 104 valence electrons. The maximum atomic E-state index is 12.4. The Bertz CT molecular complexity index is 441. The molecule has 0 bridgehead atoms. The molecule has 0 aromatic carbocycles. The van der Waals surface area contributed by atoms with Crippen molar-refractivity contribution in [3.63, 3.8) is 0 Å². The maximum absolute atomic E-state index is 12.4. The minimum atomic E-state index is -0.0789. The largest absolute Gasteiger partial charge is 0.377 e. The summed E-state index contributed by atoms with van der Waals surface area (Å²) in [5, 5.41) is 0. The van der Waals surface area contributed by atoms with Gasteiger partial charge in [-0.25, -0.2) is 0 Å². The normalized spacial score (nSPS) is 22.8. The van der Waals surface area contributed by atoms with Gasteiger partial charge in [-0.3, -0.25) is 9.78 Å². The second-order valence-corrected chi connectivity index (χ2v) is 4.50. The molecule has 6 heteroatoms. The molecule has 1 saturated heterocycles. The van der Waals surface area contributed by atoms with Crippen LogP contribution < -0.4 is 5.73 Å². The third kappa shape index (κ3) is 2.91. The van der Waals surface area contributed by atoms with E-state index in [0.29, 0.717) is 30.9 Å². The highest BCUT2D eigenvalue weighted by Gasteiger charge is 2.35. The quantitative estimate of drug-likeness (QED) is 0.831. The van der Waals surface area contributed by atoms with Crippen LogP contribution in [0, 0.1) is 0 Å². The van der Waals surface area contributed by atoms with Gasteiger partial charge in [-0.15, -0.1) is 0 Å². The van der Waals surface area contributed by atoms with Crippen molar-refractivity contribution in [2.24, 2.45) is 5.73 Å². The van der Waals surface area contributed by atoms with Gasteiger partial charge in [0, 0.05) is 45.6 Å². The number of carbonyl (C=O) groups is 1. The van der Waals surface area contributed by atoms with E-state index in [1.54, 1.807) is 37.4 Å². The van der Waals surface area contributed by atoms with E-state index >= 15 is 0 Å². The standard InChI is InChI=1S/C13H19N3O3/c1-18-11-7-16(8-12(11)19-2)13(17)9-3-4-15-10(5-9)6-14/h3-5,11-12H,6-8,14H2,1-2H3. The minimum absolute atomic E-state index is 0.0429. The second-order valence-electron chi connectivity index (χ2n) is 4.50. The van der Waals surface area contributed by atoms with Crippen LogP contribution in [-0.4, -0.2) is 55.3 Å². The summed E-state index contributed by atoms with van der Waals surface area (Å²) >= 11 is 0. The summed E-state index contributed by atoms with van der Waals surface area (Å²) in [5.41, 5.74) is 6.84. The molecule has 6 nitrogen and oxygen atoms in total. The molecule has 0 radical (unpaired) electrons. The first-order valence-electron chi connectivity index (χ1n) is 6.19. The predicted molar refractivity (Wildman–Crippen MR) is 69.6 cm³/mol. The Morgan fingerprint density at radius 2 is 2.05 bits per heavy atom. The predicted octanol–water partition coefficient (Wildman–Crippen LogP) is 0.0261. The third-order valence-corrected chi connectivity index (χ3v) is 3.38. The van der Waals surface area contributed by atoms with Gasteiger partial charge in [-0.05, 0) is 12.1 Å². The summed E-state index contributed by atoms with van der Waals surface area (Å²) in [4.78, 5) is 18.2. The lowest BCUT2D eigenvalue weighted by atomic mass is 10.2. The lowest BCUT2D eigenvalue weighted by Crippen LogP contribution is -2.30. The highest BCUT2D eigenvalue weighted by molar-refractivity contribution is 5.94. The molecule has 1 aliphatic rings. The van der Waals surface area contributed by atoms with Crippen LogP contribution in [0.5, 0.6) is 0 Å². The van der Waals surface area contributed by atoms with Gasteiger partial charge in [-0.1, -0.05) is 0 Å². The molecule has 2 N–H and O–H groups in total. The SMILES string of the molecule is COC1CN(C(=O)c2ccnc(CN)c2)CC1OC. The molecule has 0 spiro atoms. The van der Waals surface area contributed by atoms with E-state index in [2.05, 4.69) is 4.98 Å². The van der Waals surface area contributed by atoms with Crippen LogP contribution in [0.3, 0.4) is 0 Å². The van der Waals surface area contributed by atoms with Gasteiger partial charge in [0.2, 0.25) is 0 Å². The fraction of sp³-hybridized carbons (Fsp3) is 0.538. The van der Waals surface area contributed by atoms with Gasteiger partial charge in [0.05, 0.1) is 5.69 Å². The van der Waals surface area contributed by atoms with Gasteiger partial charge in [0.1, 0.15) is 12.2 Å². The molecule has 2 heterocycles. The highest BCUT2D eigenvalue weighted by Crippen LogP contribution is 2.18. The Morgan fingerprint density at radius 1 is 1.42 bits per heavy atom. The van der Waals surface area contributed by atoms with Crippen molar-refractivity contribution < 1.29 is 14.3 Å². The average Bonchev–Trinajstić information content (AvgIpc) is 2.89. The first-order chi connectivity index (χ1) is 9.19. The zero-order valence-corrected chi connectivity index (χ0v) is 11.2. The molecule has 1 aliphatic heterocycles. The van der Waals surface area contributed by atoms with E-state index in [-0.39, 0.29) is 18.1 Å². The Morgan fingerprint density at radius 3 is 2.58 bits per heavy atom. The number of ether oxygens (including phenoxy) is 2. The number of hydrogen-bond donors (Lipinski definition) is 1. The van der Waals surface area contributed by atoms with Crippen molar-refractivity contribution in [1.82, 2.24) is 9.88 Å². The van der Waals surface area contributed by atoms with Crippen molar-refractivity contribution in [2.75, 3.05) is 27.3 Å². The number of methoxy groups -OCH3 is 2. The van der Waals surface area contributed by atoms with E-state index in [1.165, 1.54) is 0 Å². The molecule has 0 aliphatic carbocycles. The van der Waals surface area contributed by atoms with Crippen LogP contribution in [0.1, 0.15) is 16.1 Å². The molecule has 2 unspecified atom stereocenters. The lowest BCUT2D eigenvalue weighted by molar-refractivity contribution is -0.00461. The van der Waals surface area contributed by atoms with Crippen molar-refractivity contribution in [2.45, 2.75) is 18.8 Å². The second kappa shape index (κ2) is 6.10. The summed E-state index contributed by atoms with van der Waals surface area (Å²) in [6.45, 7) is 1.39. The molecular formula is C13H19N3O3. The van der Waals surface area contributed by atoms with Gasteiger partial charge < -0.3 is 20.1 Å². The Kier molecular flexibility index (Phi) is 4.47. The first-order valence-corrected chi connectivity index (χ1v) is 6.19. The first kappa shape index (κ1) is 13.9. The molecule has 1 aromatic heterocycles. The molecule has 0 saturated carbocycles. The lowest BCUT2D eigenvalue weighted by Gasteiger charge is -2.16. The van der Waals surface area contributed by atoms with E-state index in [9.17, 15) is 4.79 Å². The molecule has 2 atom stereocenters. The summed E-state index contributed by atoms with van der Waals surface area (Å²) in [6, 6.07) is 3.42. The van der Waals surface area contributed by atoms with Crippen LogP contribution in [0.2, 0.25) is 0 Å². The Hall–Kier alpha value is -1.50. The molecule has 2 rings (SSSR count). The van der Waals surface area contributed by atoms with Crippen molar-refractivity contribution in [1.29, 1.82) is 0 Å². The van der Waals surface area contributed by atoms with Gasteiger partial charge in [0.25, 0.3) is 5.91 Å². The van der Waals surface area contributed by atoms with E-state index in [1.807, 2.05) is 0 Å².